The maximum Gasteiger partial charge on any atom is 0.137 e. The first-order chi connectivity index (χ1) is 5.68. The third-order valence-electron chi connectivity index (χ3n) is 2.07. The minimum absolute atomic E-state index is 0.198. The van der Waals surface area contributed by atoms with E-state index in [0.717, 1.165) is 18.4 Å². The van der Waals surface area contributed by atoms with Crippen molar-refractivity contribution in [3.05, 3.63) is 27.7 Å². The molecule has 1 aliphatic carbocycles. The second-order valence-electron chi connectivity index (χ2n) is 3.10. The molecule has 0 saturated heterocycles. The molecule has 1 aromatic rings. The lowest BCUT2D eigenvalue weighted by molar-refractivity contribution is 0.468. The van der Waals surface area contributed by atoms with E-state index >= 15 is 0 Å². The summed E-state index contributed by atoms with van der Waals surface area (Å²) >= 11 is 11.6. The van der Waals surface area contributed by atoms with Crippen LogP contribution in [0.1, 0.15) is 24.3 Å². The van der Waals surface area contributed by atoms with Gasteiger partial charge in [-0.05, 0) is 36.5 Å². The van der Waals surface area contributed by atoms with Gasteiger partial charge in [-0.1, -0.05) is 23.2 Å². The van der Waals surface area contributed by atoms with Crippen molar-refractivity contribution in [3.8, 4) is 5.75 Å². The molecule has 0 radical (unpaired) electrons. The van der Waals surface area contributed by atoms with E-state index in [1.165, 1.54) is 0 Å². The van der Waals surface area contributed by atoms with Crippen LogP contribution in [0.5, 0.6) is 5.75 Å². The third-order valence-corrected chi connectivity index (χ3v) is 2.58. The number of aromatic hydroxyl groups is 1. The van der Waals surface area contributed by atoms with Gasteiger partial charge in [-0.2, -0.15) is 0 Å². The van der Waals surface area contributed by atoms with Gasteiger partial charge in [-0.3, -0.25) is 0 Å². The van der Waals surface area contributed by atoms with Crippen molar-refractivity contribution in [3.63, 3.8) is 0 Å². The molecule has 0 spiro atoms. The van der Waals surface area contributed by atoms with Crippen LogP contribution in [0.2, 0.25) is 10.0 Å². The molecule has 1 saturated carbocycles. The van der Waals surface area contributed by atoms with Crippen LogP contribution in [0.25, 0.3) is 0 Å². The molecule has 3 heteroatoms. The van der Waals surface area contributed by atoms with E-state index in [2.05, 4.69) is 0 Å². The Labute approximate surface area is 80.9 Å². The van der Waals surface area contributed by atoms with Crippen LogP contribution in [0, 0.1) is 0 Å². The van der Waals surface area contributed by atoms with Gasteiger partial charge in [0.25, 0.3) is 0 Å². The summed E-state index contributed by atoms with van der Waals surface area (Å²) in [6.45, 7) is 0. The SMILES string of the molecule is Oc1c(Cl)cc(Cl)cc1C1CC1. The zero-order valence-corrected chi connectivity index (χ0v) is 7.86. The highest BCUT2D eigenvalue weighted by Crippen LogP contribution is 2.47. The summed E-state index contributed by atoms with van der Waals surface area (Å²) in [5.41, 5.74) is 0.896. The first kappa shape index (κ1) is 8.21. The Bertz CT molecular complexity index is 319. The molecule has 64 valence electrons. The van der Waals surface area contributed by atoms with Gasteiger partial charge >= 0.3 is 0 Å². The van der Waals surface area contributed by atoms with Gasteiger partial charge in [0.05, 0.1) is 5.02 Å². The lowest BCUT2D eigenvalue weighted by Crippen LogP contribution is -1.81. The fourth-order valence-electron chi connectivity index (χ4n) is 1.29. The molecule has 1 N–H and O–H groups in total. The van der Waals surface area contributed by atoms with Crippen LogP contribution >= 0.6 is 23.2 Å². The predicted molar refractivity (Wildman–Crippen MR) is 50.1 cm³/mol. The van der Waals surface area contributed by atoms with E-state index in [0.29, 0.717) is 16.0 Å². The van der Waals surface area contributed by atoms with Gasteiger partial charge < -0.3 is 5.11 Å². The third kappa shape index (κ3) is 1.39. The predicted octanol–water partition coefficient (Wildman–Crippen LogP) is 3.58. The van der Waals surface area contributed by atoms with Crippen molar-refractivity contribution in [2.75, 3.05) is 0 Å². The summed E-state index contributed by atoms with van der Waals surface area (Å²) < 4.78 is 0. The zero-order valence-electron chi connectivity index (χ0n) is 6.35. The van der Waals surface area contributed by atoms with E-state index in [9.17, 15) is 5.11 Å². The number of phenols is 1. The summed E-state index contributed by atoms with van der Waals surface area (Å²) in [5, 5.41) is 10.5. The molecule has 2 rings (SSSR count). The lowest BCUT2D eigenvalue weighted by Gasteiger charge is -2.04. The highest BCUT2D eigenvalue weighted by Gasteiger charge is 2.27. The van der Waals surface area contributed by atoms with Crippen LogP contribution in [0.15, 0.2) is 12.1 Å². The summed E-state index contributed by atoms with van der Waals surface area (Å²) in [6.07, 6.45) is 2.26. The quantitative estimate of drug-likeness (QED) is 0.739. The van der Waals surface area contributed by atoms with Crippen molar-refractivity contribution in [1.29, 1.82) is 0 Å². The number of halogens is 2. The van der Waals surface area contributed by atoms with E-state index in [-0.39, 0.29) is 5.75 Å². The molecule has 0 unspecified atom stereocenters. The van der Waals surface area contributed by atoms with Gasteiger partial charge in [0.1, 0.15) is 5.75 Å². The minimum atomic E-state index is 0.198. The maximum absolute atomic E-state index is 9.54. The first-order valence-electron chi connectivity index (χ1n) is 3.86. The molecule has 0 heterocycles. The van der Waals surface area contributed by atoms with E-state index in [4.69, 9.17) is 23.2 Å². The molecule has 0 bridgehead atoms. The molecule has 1 fully saturated rings. The Morgan fingerprint density at radius 1 is 1.25 bits per heavy atom. The fourth-order valence-corrected chi connectivity index (χ4v) is 1.80. The first-order valence-corrected chi connectivity index (χ1v) is 4.62. The smallest absolute Gasteiger partial charge is 0.137 e. The standard InChI is InChI=1S/C9H8Cl2O/c10-6-3-7(5-1-2-5)9(12)8(11)4-6/h3-5,12H,1-2H2. The summed E-state index contributed by atoms with van der Waals surface area (Å²) in [5.74, 6) is 0.671. The average molecular weight is 203 g/mol. The van der Waals surface area contributed by atoms with Gasteiger partial charge in [-0.15, -0.1) is 0 Å². The largest absolute Gasteiger partial charge is 0.506 e. The summed E-state index contributed by atoms with van der Waals surface area (Å²) in [4.78, 5) is 0. The monoisotopic (exact) mass is 202 g/mol. The van der Waals surface area contributed by atoms with Gasteiger partial charge in [0, 0.05) is 5.02 Å². The van der Waals surface area contributed by atoms with E-state index < -0.39 is 0 Å². The van der Waals surface area contributed by atoms with Crippen LogP contribution < -0.4 is 0 Å². The van der Waals surface area contributed by atoms with Crippen LogP contribution in [-0.4, -0.2) is 5.11 Å². The van der Waals surface area contributed by atoms with Crippen molar-refractivity contribution < 1.29 is 5.11 Å². The van der Waals surface area contributed by atoms with Crippen molar-refractivity contribution >= 4 is 23.2 Å². The fraction of sp³-hybridized carbons (Fsp3) is 0.333. The van der Waals surface area contributed by atoms with E-state index in [1.54, 1.807) is 12.1 Å². The number of rotatable bonds is 1. The Hall–Kier alpha value is -0.400. The Morgan fingerprint density at radius 3 is 2.50 bits per heavy atom. The molecule has 12 heavy (non-hydrogen) atoms. The summed E-state index contributed by atoms with van der Waals surface area (Å²) in [7, 11) is 0. The molecular weight excluding hydrogens is 195 g/mol. The van der Waals surface area contributed by atoms with Crippen LogP contribution in [0.3, 0.4) is 0 Å². The second-order valence-corrected chi connectivity index (χ2v) is 3.94. The van der Waals surface area contributed by atoms with Crippen molar-refractivity contribution in [2.45, 2.75) is 18.8 Å². The highest BCUT2D eigenvalue weighted by atomic mass is 35.5. The molecule has 1 nitrogen and oxygen atoms in total. The van der Waals surface area contributed by atoms with E-state index in [1.807, 2.05) is 0 Å². The van der Waals surface area contributed by atoms with Crippen molar-refractivity contribution in [1.82, 2.24) is 0 Å². The van der Waals surface area contributed by atoms with Gasteiger partial charge in [-0.25, -0.2) is 0 Å². The van der Waals surface area contributed by atoms with Crippen LogP contribution in [0.4, 0.5) is 0 Å². The van der Waals surface area contributed by atoms with Gasteiger partial charge in [0.2, 0.25) is 0 Å². The molecule has 0 aromatic heterocycles. The van der Waals surface area contributed by atoms with Gasteiger partial charge in [0.15, 0.2) is 0 Å². The lowest BCUT2D eigenvalue weighted by atomic mass is 10.1. The molecule has 1 aliphatic rings. The molecule has 1 aromatic carbocycles. The Balaban J connectivity index is 2.51. The number of benzene rings is 1. The second kappa shape index (κ2) is 2.82. The Morgan fingerprint density at radius 2 is 1.92 bits per heavy atom. The molecule has 0 amide bonds. The van der Waals surface area contributed by atoms with Crippen molar-refractivity contribution in [2.24, 2.45) is 0 Å². The molecule has 0 aliphatic heterocycles. The topological polar surface area (TPSA) is 20.2 Å². The maximum atomic E-state index is 9.54. The summed E-state index contributed by atoms with van der Waals surface area (Å²) in [6, 6.07) is 3.35. The zero-order chi connectivity index (χ0) is 8.72. The number of hydrogen-bond acceptors (Lipinski definition) is 1. The van der Waals surface area contributed by atoms with Crippen LogP contribution in [-0.2, 0) is 0 Å². The average Bonchev–Trinajstić information content (AvgIpc) is 2.79. The molecule has 0 atom stereocenters. The normalized spacial score (nSPS) is 16.5. The molecular formula is C9H8Cl2O. The number of hydrogen-bond donors (Lipinski definition) is 1. The number of phenolic OH excluding ortho intramolecular Hbond substituents is 1. The Kier molecular flexibility index (Phi) is 1.93. The minimum Gasteiger partial charge on any atom is -0.506 e. The highest BCUT2D eigenvalue weighted by molar-refractivity contribution is 6.35.